The van der Waals surface area contributed by atoms with Crippen LogP contribution in [0.4, 0.5) is 0 Å². The van der Waals surface area contributed by atoms with Crippen molar-refractivity contribution in [3.63, 3.8) is 0 Å². The highest BCUT2D eigenvalue weighted by atomic mass is 32.1. The van der Waals surface area contributed by atoms with Crippen molar-refractivity contribution in [2.45, 2.75) is 26.3 Å². The minimum Gasteiger partial charge on any atom is -0.461 e. The average Bonchev–Trinajstić information content (AvgIpc) is 3.15. The van der Waals surface area contributed by atoms with Crippen LogP contribution in [0.2, 0.25) is 0 Å². The number of carbonyl (C=O) groups excluding carboxylic acids is 2. The lowest BCUT2D eigenvalue weighted by atomic mass is 10.0. The number of aromatic nitrogens is 3. The number of aryl methyl sites for hydroxylation is 1. The second kappa shape index (κ2) is 6.49. The van der Waals surface area contributed by atoms with Crippen LogP contribution in [0.3, 0.4) is 0 Å². The van der Waals surface area contributed by atoms with E-state index in [1.165, 1.54) is 11.3 Å². The highest BCUT2D eigenvalue weighted by Crippen LogP contribution is 2.23. The van der Waals surface area contributed by atoms with Gasteiger partial charge in [-0.15, -0.1) is 11.3 Å². The number of carbonyl (C=O) groups is 2. The second-order valence-electron chi connectivity index (χ2n) is 5.34. The third kappa shape index (κ3) is 3.12. The van der Waals surface area contributed by atoms with Crippen molar-refractivity contribution in [3.05, 3.63) is 33.5 Å². The molecule has 8 heteroatoms. The molecule has 1 aliphatic heterocycles. The van der Waals surface area contributed by atoms with Crippen LogP contribution in [-0.2, 0) is 36.0 Å². The fraction of sp³-hybridized carbons (Fsp3) is 0.467. The van der Waals surface area contributed by atoms with Crippen LogP contribution < -0.4 is 0 Å². The first-order chi connectivity index (χ1) is 11.1. The molecule has 0 bridgehead atoms. The zero-order valence-electron chi connectivity index (χ0n) is 13.1. The molecule has 0 spiro atoms. The van der Waals surface area contributed by atoms with Gasteiger partial charge in [0.2, 0.25) is 5.91 Å². The van der Waals surface area contributed by atoms with Crippen molar-refractivity contribution in [3.8, 4) is 0 Å². The molecule has 0 radical (unpaired) electrons. The highest BCUT2D eigenvalue weighted by Gasteiger charge is 2.29. The standard InChI is InChI=1S/C15H18N4O3S/c1-3-22-15(21)14-11-7-19(5-4-12(11)18(2)17-14)13(20)6-10-8-23-9-16-10/h8-9H,3-7H2,1-2H3. The largest absolute Gasteiger partial charge is 0.461 e. The molecule has 2 aromatic rings. The first-order valence-corrected chi connectivity index (χ1v) is 8.41. The maximum Gasteiger partial charge on any atom is 0.359 e. The SMILES string of the molecule is CCOC(=O)c1nn(C)c2c1CN(C(=O)Cc1cscn1)CC2. The maximum atomic E-state index is 12.4. The fourth-order valence-corrected chi connectivity index (χ4v) is 3.32. The van der Waals surface area contributed by atoms with E-state index in [0.29, 0.717) is 31.8 Å². The van der Waals surface area contributed by atoms with Gasteiger partial charge in [0.1, 0.15) is 0 Å². The van der Waals surface area contributed by atoms with Gasteiger partial charge in [0.05, 0.1) is 24.2 Å². The Morgan fingerprint density at radius 3 is 2.96 bits per heavy atom. The number of thiazole rings is 1. The summed E-state index contributed by atoms with van der Waals surface area (Å²) in [5.41, 5.74) is 4.60. The zero-order chi connectivity index (χ0) is 16.4. The summed E-state index contributed by atoms with van der Waals surface area (Å²) in [6.07, 6.45) is 0.967. The molecule has 23 heavy (non-hydrogen) atoms. The average molecular weight is 334 g/mol. The van der Waals surface area contributed by atoms with Gasteiger partial charge >= 0.3 is 5.97 Å². The Bertz CT molecular complexity index is 723. The number of esters is 1. The Morgan fingerprint density at radius 2 is 2.26 bits per heavy atom. The van der Waals surface area contributed by atoms with E-state index in [1.807, 2.05) is 12.4 Å². The zero-order valence-corrected chi connectivity index (χ0v) is 13.9. The summed E-state index contributed by atoms with van der Waals surface area (Å²) in [5.74, 6) is -0.418. The molecule has 0 N–H and O–H groups in total. The molecule has 2 aromatic heterocycles. The number of hydrogen-bond acceptors (Lipinski definition) is 6. The first-order valence-electron chi connectivity index (χ1n) is 7.46. The van der Waals surface area contributed by atoms with E-state index in [-0.39, 0.29) is 12.3 Å². The van der Waals surface area contributed by atoms with Crippen LogP contribution in [0.25, 0.3) is 0 Å². The Kier molecular flexibility index (Phi) is 4.42. The predicted octanol–water partition coefficient (Wildman–Crippen LogP) is 1.18. The quantitative estimate of drug-likeness (QED) is 0.785. The Balaban J connectivity index is 1.79. The highest BCUT2D eigenvalue weighted by molar-refractivity contribution is 7.07. The second-order valence-corrected chi connectivity index (χ2v) is 6.06. The van der Waals surface area contributed by atoms with Crippen molar-refractivity contribution in [2.75, 3.05) is 13.2 Å². The van der Waals surface area contributed by atoms with Gasteiger partial charge < -0.3 is 9.64 Å². The normalized spacial score (nSPS) is 13.7. The molecule has 122 valence electrons. The lowest BCUT2D eigenvalue weighted by molar-refractivity contribution is -0.131. The molecular formula is C15H18N4O3S. The van der Waals surface area contributed by atoms with Crippen LogP contribution in [0.1, 0.15) is 34.4 Å². The molecule has 0 fully saturated rings. The lowest BCUT2D eigenvalue weighted by Gasteiger charge is -2.27. The molecule has 0 saturated carbocycles. The van der Waals surface area contributed by atoms with Crippen LogP contribution in [0.5, 0.6) is 0 Å². The van der Waals surface area contributed by atoms with Gasteiger partial charge in [-0.1, -0.05) is 0 Å². The van der Waals surface area contributed by atoms with Gasteiger partial charge in [-0.2, -0.15) is 5.10 Å². The van der Waals surface area contributed by atoms with Gasteiger partial charge in [-0.25, -0.2) is 9.78 Å². The molecule has 0 atom stereocenters. The van der Waals surface area contributed by atoms with E-state index in [9.17, 15) is 9.59 Å². The molecule has 3 rings (SSSR count). The third-order valence-corrected chi connectivity index (χ3v) is 4.51. The number of fused-ring (bicyclic) bond motifs is 1. The molecule has 1 amide bonds. The Hall–Kier alpha value is -2.22. The number of hydrogen-bond donors (Lipinski definition) is 0. The summed E-state index contributed by atoms with van der Waals surface area (Å²) < 4.78 is 6.77. The van der Waals surface area contributed by atoms with Gasteiger partial charge in [-0.3, -0.25) is 9.48 Å². The summed E-state index contributed by atoms with van der Waals surface area (Å²) in [6, 6.07) is 0. The fourth-order valence-electron chi connectivity index (χ4n) is 2.76. The molecule has 3 heterocycles. The van der Waals surface area contributed by atoms with E-state index < -0.39 is 5.97 Å². The van der Waals surface area contributed by atoms with Crippen LogP contribution in [-0.4, -0.2) is 44.7 Å². The summed E-state index contributed by atoms with van der Waals surface area (Å²) in [6.45, 7) is 3.08. The van der Waals surface area contributed by atoms with Crippen molar-refractivity contribution in [1.82, 2.24) is 19.7 Å². The summed E-state index contributed by atoms with van der Waals surface area (Å²) in [7, 11) is 1.81. The minimum absolute atomic E-state index is 0.0141. The van der Waals surface area contributed by atoms with Gasteiger partial charge in [0, 0.05) is 43.2 Å². The van der Waals surface area contributed by atoms with Crippen molar-refractivity contribution in [1.29, 1.82) is 0 Å². The molecule has 0 aromatic carbocycles. The van der Waals surface area contributed by atoms with Crippen LogP contribution in [0, 0.1) is 0 Å². The Labute approximate surface area is 137 Å². The number of amides is 1. The predicted molar refractivity (Wildman–Crippen MR) is 84.1 cm³/mol. The minimum atomic E-state index is -0.432. The van der Waals surface area contributed by atoms with E-state index in [2.05, 4.69) is 10.1 Å². The monoisotopic (exact) mass is 334 g/mol. The van der Waals surface area contributed by atoms with Crippen molar-refractivity contribution in [2.24, 2.45) is 7.05 Å². The molecule has 0 saturated heterocycles. The van der Waals surface area contributed by atoms with E-state index in [0.717, 1.165) is 17.0 Å². The number of ether oxygens (including phenoxy) is 1. The first kappa shape index (κ1) is 15.7. The molecular weight excluding hydrogens is 316 g/mol. The lowest BCUT2D eigenvalue weighted by Crippen LogP contribution is -2.37. The summed E-state index contributed by atoms with van der Waals surface area (Å²) in [5, 5.41) is 6.15. The van der Waals surface area contributed by atoms with Gasteiger partial charge in [0.15, 0.2) is 5.69 Å². The van der Waals surface area contributed by atoms with Gasteiger partial charge in [-0.05, 0) is 6.92 Å². The molecule has 1 aliphatic rings. The molecule has 7 nitrogen and oxygen atoms in total. The van der Waals surface area contributed by atoms with E-state index in [1.54, 1.807) is 22.0 Å². The third-order valence-electron chi connectivity index (χ3n) is 3.88. The number of rotatable bonds is 4. The molecule has 0 aliphatic carbocycles. The topological polar surface area (TPSA) is 77.3 Å². The Morgan fingerprint density at radius 1 is 1.43 bits per heavy atom. The van der Waals surface area contributed by atoms with E-state index >= 15 is 0 Å². The van der Waals surface area contributed by atoms with Crippen molar-refractivity contribution >= 4 is 23.2 Å². The molecule has 0 unspecified atom stereocenters. The van der Waals surface area contributed by atoms with E-state index in [4.69, 9.17) is 4.74 Å². The smallest absolute Gasteiger partial charge is 0.359 e. The van der Waals surface area contributed by atoms with Crippen molar-refractivity contribution < 1.29 is 14.3 Å². The van der Waals surface area contributed by atoms with Gasteiger partial charge in [0.25, 0.3) is 0 Å². The summed E-state index contributed by atoms with van der Waals surface area (Å²) in [4.78, 5) is 30.4. The summed E-state index contributed by atoms with van der Waals surface area (Å²) >= 11 is 1.48. The van der Waals surface area contributed by atoms with Crippen LogP contribution >= 0.6 is 11.3 Å². The maximum absolute atomic E-state index is 12.4. The van der Waals surface area contributed by atoms with Crippen LogP contribution in [0.15, 0.2) is 10.9 Å². The number of nitrogens with zero attached hydrogens (tertiary/aromatic N) is 4.